The number of para-hydroxylation sites is 1. The molecule has 3 aromatic rings. The number of rotatable bonds is 6. The van der Waals surface area contributed by atoms with Gasteiger partial charge in [0.25, 0.3) is 10.0 Å². The first-order valence-corrected chi connectivity index (χ1v) is 12.0. The monoisotopic (exact) mass is 479 g/mol. The number of hydrogen-bond donors (Lipinski definition) is 1. The number of anilines is 1. The molecule has 0 unspecified atom stereocenters. The van der Waals surface area contributed by atoms with Crippen molar-refractivity contribution in [2.75, 3.05) is 17.1 Å². The number of fused-ring (bicyclic) bond motifs is 1. The van der Waals surface area contributed by atoms with Gasteiger partial charge in [0, 0.05) is 28.5 Å². The zero-order valence-corrected chi connectivity index (χ0v) is 18.3. The second kappa shape index (κ2) is 7.81. The van der Waals surface area contributed by atoms with Crippen molar-refractivity contribution in [3.05, 3.63) is 53.1 Å². The smallest absolute Gasteiger partial charge is 0.265 e. The minimum Gasteiger partial charge on any atom is -0.492 e. The number of aryl methyl sites for hydroxylation is 1. The highest BCUT2D eigenvalue weighted by Gasteiger charge is 2.23. The van der Waals surface area contributed by atoms with E-state index in [-0.39, 0.29) is 4.90 Å². The predicted molar refractivity (Wildman–Crippen MR) is 115 cm³/mol. The summed E-state index contributed by atoms with van der Waals surface area (Å²) in [6.45, 7) is 3.10. The summed E-state index contributed by atoms with van der Waals surface area (Å²) in [5.41, 5.74) is 1.97. The summed E-state index contributed by atoms with van der Waals surface area (Å²) in [5.74, 6) is 1.33. The molecule has 0 bridgehead atoms. The SMILES string of the molecule is CCOc1ccc(Br)cc1S(=O)(=O)Nc1ccccc1-c1cn2c(n1)SCC2. The second-order valence-electron chi connectivity index (χ2n) is 6.13. The van der Waals surface area contributed by atoms with Crippen molar-refractivity contribution in [2.24, 2.45) is 0 Å². The summed E-state index contributed by atoms with van der Waals surface area (Å²) in [6.07, 6.45) is 1.97. The summed E-state index contributed by atoms with van der Waals surface area (Å²) < 4.78 is 37.2. The Balaban J connectivity index is 1.72. The fourth-order valence-corrected chi connectivity index (χ4v) is 5.71. The Morgan fingerprint density at radius 3 is 2.89 bits per heavy atom. The van der Waals surface area contributed by atoms with Crippen molar-refractivity contribution < 1.29 is 13.2 Å². The largest absolute Gasteiger partial charge is 0.492 e. The van der Waals surface area contributed by atoms with Gasteiger partial charge in [-0.1, -0.05) is 45.9 Å². The molecule has 146 valence electrons. The molecule has 0 aliphatic carbocycles. The fourth-order valence-electron chi connectivity index (χ4n) is 3.00. The average Bonchev–Trinajstić information content (AvgIpc) is 3.25. The Morgan fingerprint density at radius 1 is 1.29 bits per heavy atom. The molecule has 1 aliphatic rings. The standard InChI is InChI=1S/C19H18BrN3O3S2/c1-2-26-17-8-7-13(20)11-18(17)28(24,25)22-15-6-4-3-5-14(15)16-12-23-9-10-27-19(23)21-16/h3-8,11-12,22H,2,9-10H2,1H3. The van der Waals surface area contributed by atoms with Crippen LogP contribution in [0.25, 0.3) is 11.3 Å². The van der Waals surface area contributed by atoms with E-state index < -0.39 is 10.0 Å². The lowest BCUT2D eigenvalue weighted by Crippen LogP contribution is -2.15. The molecular formula is C19H18BrN3O3S2. The van der Waals surface area contributed by atoms with Gasteiger partial charge in [0.1, 0.15) is 10.6 Å². The first kappa shape index (κ1) is 19.4. The zero-order valence-electron chi connectivity index (χ0n) is 15.1. The minimum atomic E-state index is -3.86. The van der Waals surface area contributed by atoms with Gasteiger partial charge in [-0.3, -0.25) is 4.72 Å². The highest BCUT2D eigenvalue weighted by atomic mass is 79.9. The molecule has 28 heavy (non-hydrogen) atoms. The van der Waals surface area contributed by atoms with Crippen molar-refractivity contribution in [3.8, 4) is 17.0 Å². The Kier molecular flexibility index (Phi) is 5.39. The Labute approximate surface area is 176 Å². The van der Waals surface area contributed by atoms with Crippen LogP contribution in [0, 0.1) is 0 Å². The topological polar surface area (TPSA) is 73.2 Å². The molecule has 1 N–H and O–H groups in total. The number of thioether (sulfide) groups is 1. The van der Waals surface area contributed by atoms with Crippen LogP contribution in [0.1, 0.15) is 6.92 Å². The van der Waals surface area contributed by atoms with Crippen molar-refractivity contribution >= 4 is 43.4 Å². The first-order valence-electron chi connectivity index (χ1n) is 8.72. The molecule has 1 aromatic heterocycles. The van der Waals surface area contributed by atoms with Crippen LogP contribution in [-0.4, -0.2) is 30.3 Å². The lowest BCUT2D eigenvalue weighted by Gasteiger charge is -2.15. The van der Waals surface area contributed by atoms with Crippen molar-refractivity contribution in [3.63, 3.8) is 0 Å². The molecule has 0 amide bonds. The molecule has 0 spiro atoms. The van der Waals surface area contributed by atoms with E-state index in [4.69, 9.17) is 4.74 Å². The van der Waals surface area contributed by atoms with Crippen LogP contribution in [0.4, 0.5) is 5.69 Å². The van der Waals surface area contributed by atoms with E-state index in [1.807, 2.05) is 25.3 Å². The molecule has 4 rings (SSSR count). The highest BCUT2D eigenvalue weighted by Crippen LogP contribution is 2.35. The number of halogens is 1. The van der Waals surface area contributed by atoms with Crippen molar-refractivity contribution in [2.45, 2.75) is 23.5 Å². The number of aromatic nitrogens is 2. The third kappa shape index (κ3) is 3.78. The van der Waals surface area contributed by atoms with Gasteiger partial charge in [-0.15, -0.1) is 0 Å². The highest BCUT2D eigenvalue weighted by molar-refractivity contribution is 9.10. The van der Waals surface area contributed by atoms with Crippen molar-refractivity contribution in [1.29, 1.82) is 0 Å². The van der Waals surface area contributed by atoms with E-state index in [0.29, 0.717) is 22.5 Å². The molecule has 2 aromatic carbocycles. The molecule has 0 saturated heterocycles. The maximum absolute atomic E-state index is 13.1. The van der Waals surface area contributed by atoms with Gasteiger partial charge < -0.3 is 9.30 Å². The van der Waals surface area contributed by atoms with E-state index in [2.05, 4.69) is 30.2 Å². The summed E-state index contributed by atoms with van der Waals surface area (Å²) in [6, 6.07) is 12.2. The van der Waals surface area contributed by atoms with Gasteiger partial charge in [-0.05, 0) is 31.2 Å². The van der Waals surface area contributed by atoms with E-state index in [0.717, 1.165) is 28.7 Å². The van der Waals surface area contributed by atoms with Gasteiger partial charge in [-0.25, -0.2) is 13.4 Å². The molecule has 6 nitrogen and oxygen atoms in total. The minimum absolute atomic E-state index is 0.0846. The number of nitrogens with zero attached hydrogens (tertiary/aromatic N) is 2. The van der Waals surface area contributed by atoms with Gasteiger partial charge in [-0.2, -0.15) is 0 Å². The number of hydrogen-bond acceptors (Lipinski definition) is 5. The van der Waals surface area contributed by atoms with E-state index >= 15 is 0 Å². The van der Waals surface area contributed by atoms with E-state index in [9.17, 15) is 8.42 Å². The average molecular weight is 480 g/mol. The Bertz CT molecular complexity index is 1110. The van der Waals surface area contributed by atoms with Crippen LogP contribution < -0.4 is 9.46 Å². The Hall–Kier alpha value is -1.97. The third-order valence-electron chi connectivity index (χ3n) is 4.25. The van der Waals surface area contributed by atoms with Gasteiger partial charge in [0.05, 0.1) is 18.0 Å². The molecular weight excluding hydrogens is 462 g/mol. The summed E-state index contributed by atoms with van der Waals surface area (Å²) in [5, 5.41) is 0.957. The molecule has 0 fully saturated rings. The normalized spacial score (nSPS) is 13.4. The van der Waals surface area contributed by atoms with Crippen LogP contribution >= 0.6 is 27.7 Å². The quantitative estimate of drug-likeness (QED) is 0.558. The molecule has 0 radical (unpaired) electrons. The molecule has 1 aliphatic heterocycles. The first-order chi connectivity index (χ1) is 13.5. The predicted octanol–water partition coefficient (Wildman–Crippen LogP) is 4.62. The molecule has 0 saturated carbocycles. The van der Waals surface area contributed by atoms with Crippen LogP contribution in [0.3, 0.4) is 0 Å². The molecule has 0 atom stereocenters. The van der Waals surface area contributed by atoms with Crippen LogP contribution in [-0.2, 0) is 16.6 Å². The summed E-state index contributed by atoms with van der Waals surface area (Å²) in [7, 11) is -3.86. The van der Waals surface area contributed by atoms with Crippen molar-refractivity contribution in [1.82, 2.24) is 9.55 Å². The maximum Gasteiger partial charge on any atom is 0.265 e. The summed E-state index contributed by atoms with van der Waals surface area (Å²) in [4.78, 5) is 4.73. The number of nitrogens with one attached hydrogen (secondary N) is 1. The number of ether oxygens (including phenoxy) is 1. The summed E-state index contributed by atoms with van der Waals surface area (Å²) >= 11 is 5.04. The lowest BCUT2D eigenvalue weighted by molar-refractivity contribution is 0.331. The molecule has 2 heterocycles. The van der Waals surface area contributed by atoms with E-state index in [1.54, 1.807) is 36.0 Å². The maximum atomic E-state index is 13.1. The van der Waals surface area contributed by atoms with Gasteiger partial charge >= 0.3 is 0 Å². The molecule has 9 heteroatoms. The number of imidazole rings is 1. The zero-order chi connectivity index (χ0) is 19.7. The fraction of sp³-hybridized carbons (Fsp3) is 0.211. The number of sulfonamides is 1. The number of benzene rings is 2. The van der Waals surface area contributed by atoms with Crippen LogP contribution in [0.15, 0.2) is 63.2 Å². The van der Waals surface area contributed by atoms with E-state index in [1.165, 1.54) is 6.07 Å². The van der Waals surface area contributed by atoms with Crippen LogP contribution in [0.5, 0.6) is 5.75 Å². The lowest BCUT2D eigenvalue weighted by atomic mass is 10.1. The van der Waals surface area contributed by atoms with Gasteiger partial charge in [0.2, 0.25) is 0 Å². The van der Waals surface area contributed by atoms with Crippen LogP contribution in [0.2, 0.25) is 0 Å². The van der Waals surface area contributed by atoms with Gasteiger partial charge in [0.15, 0.2) is 5.16 Å². The Morgan fingerprint density at radius 2 is 2.11 bits per heavy atom. The third-order valence-corrected chi connectivity index (χ3v) is 7.10. The second-order valence-corrected chi connectivity index (χ2v) is 9.75.